The number of halogens is 1. The third-order valence-electron chi connectivity index (χ3n) is 3.04. The minimum absolute atomic E-state index is 0.144. The molecule has 0 fully saturated rings. The van der Waals surface area contributed by atoms with Crippen molar-refractivity contribution in [1.29, 1.82) is 0 Å². The van der Waals surface area contributed by atoms with Crippen molar-refractivity contribution < 1.29 is 4.39 Å². The molecule has 0 heterocycles. The Balaban J connectivity index is 2.52. The summed E-state index contributed by atoms with van der Waals surface area (Å²) in [5.41, 5.74) is 1.29. The van der Waals surface area contributed by atoms with Crippen LogP contribution in [0.3, 0.4) is 0 Å². The Morgan fingerprint density at radius 1 is 1.05 bits per heavy atom. The smallest absolute Gasteiger partial charge is 0.123 e. The Labute approximate surface area is 116 Å². The van der Waals surface area contributed by atoms with E-state index in [9.17, 15) is 4.39 Å². The van der Waals surface area contributed by atoms with Gasteiger partial charge in [0.2, 0.25) is 0 Å². The minimum Gasteiger partial charge on any atom is -0.311 e. The second-order valence-corrected chi connectivity index (χ2v) is 6.40. The molecule has 0 saturated heterocycles. The third kappa shape index (κ3) is 6.17. The second kappa shape index (κ2) is 7.01. The lowest BCUT2D eigenvalue weighted by atomic mass is 9.96. The topological polar surface area (TPSA) is 24.1 Å². The molecule has 19 heavy (non-hydrogen) atoms. The van der Waals surface area contributed by atoms with E-state index < -0.39 is 0 Å². The van der Waals surface area contributed by atoms with Gasteiger partial charge >= 0.3 is 0 Å². The van der Waals surface area contributed by atoms with Crippen LogP contribution < -0.4 is 10.6 Å². The molecule has 0 aliphatic heterocycles. The highest BCUT2D eigenvalue weighted by Crippen LogP contribution is 2.21. The minimum atomic E-state index is -0.180. The Kier molecular flexibility index (Phi) is 5.95. The average molecular weight is 266 g/mol. The highest BCUT2D eigenvalue weighted by molar-refractivity contribution is 5.20. The van der Waals surface area contributed by atoms with Gasteiger partial charge in [0.05, 0.1) is 0 Å². The maximum absolute atomic E-state index is 13.0. The monoisotopic (exact) mass is 266 g/mol. The molecule has 1 rings (SSSR count). The highest BCUT2D eigenvalue weighted by atomic mass is 19.1. The molecular formula is C16H27FN2. The van der Waals surface area contributed by atoms with Crippen molar-refractivity contribution in [3.63, 3.8) is 0 Å². The molecular weight excluding hydrogens is 239 g/mol. The predicted octanol–water partition coefficient (Wildman–Crippen LogP) is 3.50. The molecule has 2 N–H and O–H groups in total. The molecule has 0 aliphatic carbocycles. The molecule has 0 bridgehead atoms. The zero-order chi connectivity index (χ0) is 14.5. The lowest BCUT2D eigenvalue weighted by molar-refractivity contribution is 0.378. The first-order chi connectivity index (χ1) is 8.79. The second-order valence-electron chi connectivity index (χ2n) is 6.40. The Morgan fingerprint density at radius 3 is 2.11 bits per heavy atom. The van der Waals surface area contributed by atoms with Gasteiger partial charge in [-0.05, 0) is 44.4 Å². The van der Waals surface area contributed by atoms with Crippen LogP contribution in [-0.2, 0) is 0 Å². The summed E-state index contributed by atoms with van der Waals surface area (Å²) in [5, 5.41) is 7.00. The summed E-state index contributed by atoms with van der Waals surface area (Å²) in [5.74, 6) is 0.292. The van der Waals surface area contributed by atoms with Crippen molar-refractivity contribution in [2.45, 2.75) is 46.2 Å². The van der Waals surface area contributed by atoms with Gasteiger partial charge in [0.15, 0.2) is 0 Å². The summed E-state index contributed by atoms with van der Waals surface area (Å²) in [6, 6.07) is 7.05. The zero-order valence-electron chi connectivity index (χ0n) is 12.8. The van der Waals surface area contributed by atoms with Crippen molar-refractivity contribution in [3.8, 4) is 0 Å². The molecule has 0 aromatic heterocycles. The van der Waals surface area contributed by atoms with Crippen molar-refractivity contribution in [1.82, 2.24) is 10.6 Å². The van der Waals surface area contributed by atoms with Gasteiger partial charge in [0.1, 0.15) is 5.82 Å². The van der Waals surface area contributed by atoms with E-state index in [1.165, 1.54) is 12.1 Å². The fraction of sp³-hybridized carbons (Fsp3) is 0.625. The number of hydrogen-bond acceptors (Lipinski definition) is 2. The molecule has 1 aromatic carbocycles. The Bertz CT molecular complexity index is 365. The van der Waals surface area contributed by atoms with Gasteiger partial charge in [0, 0.05) is 24.7 Å². The van der Waals surface area contributed by atoms with E-state index in [0.29, 0.717) is 5.92 Å². The zero-order valence-corrected chi connectivity index (χ0v) is 12.8. The normalized spacial score (nSPS) is 13.8. The molecule has 1 aromatic rings. The molecule has 1 unspecified atom stereocenters. The molecule has 1 atom stereocenters. The highest BCUT2D eigenvalue weighted by Gasteiger charge is 2.15. The van der Waals surface area contributed by atoms with Crippen molar-refractivity contribution in [3.05, 3.63) is 35.6 Å². The summed E-state index contributed by atoms with van der Waals surface area (Å²) < 4.78 is 13.0. The largest absolute Gasteiger partial charge is 0.311 e. The molecule has 0 spiro atoms. The SMILES string of the molecule is CC(C)C(NCCNC(C)(C)C)c1ccc(F)cc1. The van der Waals surface area contributed by atoms with Crippen LogP contribution in [-0.4, -0.2) is 18.6 Å². The fourth-order valence-electron chi connectivity index (χ4n) is 2.07. The molecule has 0 saturated carbocycles. The third-order valence-corrected chi connectivity index (χ3v) is 3.04. The van der Waals surface area contributed by atoms with Crippen LogP contribution in [0.4, 0.5) is 4.39 Å². The summed E-state index contributed by atoms with van der Waals surface area (Å²) in [6.45, 7) is 12.7. The number of rotatable bonds is 6. The molecule has 0 amide bonds. The van der Waals surface area contributed by atoms with Crippen LogP contribution in [0.5, 0.6) is 0 Å². The summed E-state index contributed by atoms with van der Waals surface area (Å²) in [6.07, 6.45) is 0. The van der Waals surface area contributed by atoms with Crippen molar-refractivity contribution in [2.75, 3.05) is 13.1 Å². The lowest BCUT2D eigenvalue weighted by Crippen LogP contribution is -2.41. The lowest BCUT2D eigenvalue weighted by Gasteiger charge is -2.25. The van der Waals surface area contributed by atoms with E-state index in [1.54, 1.807) is 0 Å². The van der Waals surface area contributed by atoms with Gasteiger partial charge in [0.25, 0.3) is 0 Å². The van der Waals surface area contributed by atoms with Crippen LogP contribution in [0.15, 0.2) is 24.3 Å². The molecule has 2 nitrogen and oxygen atoms in total. The van der Waals surface area contributed by atoms with E-state index in [4.69, 9.17) is 0 Å². The predicted molar refractivity (Wildman–Crippen MR) is 79.7 cm³/mol. The van der Waals surface area contributed by atoms with Crippen molar-refractivity contribution >= 4 is 0 Å². The number of nitrogens with one attached hydrogen (secondary N) is 2. The first-order valence-electron chi connectivity index (χ1n) is 7.03. The van der Waals surface area contributed by atoms with Gasteiger partial charge in [-0.3, -0.25) is 0 Å². The molecule has 3 heteroatoms. The van der Waals surface area contributed by atoms with Crippen LogP contribution in [0.1, 0.15) is 46.2 Å². The summed E-state index contributed by atoms with van der Waals surface area (Å²) in [7, 11) is 0. The van der Waals surface area contributed by atoms with E-state index in [2.05, 4.69) is 45.3 Å². The first kappa shape index (κ1) is 16.1. The fourth-order valence-corrected chi connectivity index (χ4v) is 2.07. The van der Waals surface area contributed by atoms with Crippen LogP contribution in [0.25, 0.3) is 0 Å². The number of benzene rings is 1. The van der Waals surface area contributed by atoms with E-state index in [-0.39, 0.29) is 17.4 Å². The quantitative estimate of drug-likeness (QED) is 0.770. The van der Waals surface area contributed by atoms with Crippen LogP contribution >= 0.6 is 0 Å². The summed E-state index contributed by atoms with van der Waals surface area (Å²) in [4.78, 5) is 0. The maximum atomic E-state index is 13.0. The van der Waals surface area contributed by atoms with Gasteiger partial charge < -0.3 is 10.6 Å². The molecule has 0 radical (unpaired) electrons. The first-order valence-corrected chi connectivity index (χ1v) is 7.03. The van der Waals surface area contributed by atoms with Gasteiger partial charge in [-0.15, -0.1) is 0 Å². The number of hydrogen-bond donors (Lipinski definition) is 2. The van der Waals surface area contributed by atoms with Crippen LogP contribution in [0, 0.1) is 11.7 Å². The van der Waals surface area contributed by atoms with Crippen LogP contribution in [0.2, 0.25) is 0 Å². The summed E-state index contributed by atoms with van der Waals surface area (Å²) >= 11 is 0. The maximum Gasteiger partial charge on any atom is 0.123 e. The van der Waals surface area contributed by atoms with Crippen molar-refractivity contribution in [2.24, 2.45) is 5.92 Å². The average Bonchev–Trinajstić information content (AvgIpc) is 2.29. The van der Waals surface area contributed by atoms with Gasteiger partial charge in [-0.25, -0.2) is 4.39 Å². The van der Waals surface area contributed by atoms with E-state index in [1.807, 2.05) is 12.1 Å². The molecule has 108 valence electrons. The Hall–Kier alpha value is -0.930. The van der Waals surface area contributed by atoms with Gasteiger partial charge in [-0.2, -0.15) is 0 Å². The molecule has 0 aliphatic rings. The Morgan fingerprint density at radius 2 is 1.63 bits per heavy atom. The van der Waals surface area contributed by atoms with Gasteiger partial charge in [-0.1, -0.05) is 26.0 Å². The van der Waals surface area contributed by atoms with E-state index >= 15 is 0 Å². The van der Waals surface area contributed by atoms with E-state index in [0.717, 1.165) is 18.7 Å². The standard InChI is InChI=1S/C16H27FN2/c1-12(2)15(13-6-8-14(17)9-7-13)18-10-11-19-16(3,4)5/h6-9,12,15,18-19H,10-11H2,1-5H3.